The molecule has 5 nitrogen and oxygen atoms in total. The zero-order valence-corrected chi connectivity index (χ0v) is 14.4. The Morgan fingerprint density at radius 1 is 1.00 bits per heavy atom. The van der Waals surface area contributed by atoms with Crippen molar-refractivity contribution in [2.24, 2.45) is 4.99 Å². The van der Waals surface area contributed by atoms with Crippen LogP contribution in [-0.2, 0) is 6.54 Å². The second kappa shape index (κ2) is 6.53. The molecule has 2 N–H and O–H groups in total. The molecule has 0 atom stereocenters. The van der Waals surface area contributed by atoms with E-state index < -0.39 is 0 Å². The predicted molar refractivity (Wildman–Crippen MR) is 102 cm³/mol. The molecule has 0 aliphatic carbocycles. The second-order valence-corrected chi connectivity index (χ2v) is 6.25. The Morgan fingerprint density at radius 2 is 1.92 bits per heavy atom. The minimum Gasteiger partial charge on any atom is -0.339 e. The van der Waals surface area contributed by atoms with Gasteiger partial charge in [0.2, 0.25) is 0 Å². The van der Waals surface area contributed by atoms with Crippen molar-refractivity contribution in [1.29, 1.82) is 0 Å². The van der Waals surface area contributed by atoms with Crippen LogP contribution in [-0.4, -0.2) is 15.8 Å². The van der Waals surface area contributed by atoms with Crippen LogP contribution in [0.15, 0.2) is 59.9 Å². The van der Waals surface area contributed by atoms with Crippen molar-refractivity contribution in [3.05, 3.63) is 76.7 Å². The maximum Gasteiger partial charge on any atom is 0.152 e. The summed E-state index contributed by atoms with van der Waals surface area (Å²) in [5.74, 6) is 1.54. The fourth-order valence-corrected chi connectivity index (χ4v) is 2.92. The van der Waals surface area contributed by atoms with E-state index in [0.29, 0.717) is 11.6 Å². The third kappa shape index (κ3) is 3.32. The standard InChI is InChI=1S/C19H16ClN5/c1-12-6-8-21-17(9-12)25-16-5-4-14(10-15(16)20)24-19-18-13(11-23-19)3-2-7-22-18/h2-10H,11H2,1H3,(H,21,25)(H,23,24). The number of amidine groups is 1. The number of nitrogens with zero attached hydrogens (tertiary/aromatic N) is 3. The number of aliphatic imine (C=N–C) groups is 1. The minimum absolute atomic E-state index is 0.605. The Hall–Kier alpha value is -2.92. The normalized spacial score (nSPS) is 12.5. The summed E-state index contributed by atoms with van der Waals surface area (Å²) in [5, 5.41) is 7.14. The van der Waals surface area contributed by atoms with Crippen molar-refractivity contribution in [2.75, 3.05) is 10.6 Å². The molecule has 0 fully saturated rings. The highest BCUT2D eigenvalue weighted by Gasteiger charge is 2.17. The van der Waals surface area contributed by atoms with Gasteiger partial charge in [-0.1, -0.05) is 17.7 Å². The van der Waals surface area contributed by atoms with Crippen molar-refractivity contribution in [1.82, 2.24) is 9.97 Å². The molecule has 3 heterocycles. The number of anilines is 3. The molecule has 0 bridgehead atoms. The molecule has 0 amide bonds. The maximum absolute atomic E-state index is 6.42. The first-order chi connectivity index (χ1) is 12.2. The summed E-state index contributed by atoms with van der Waals surface area (Å²) in [4.78, 5) is 13.2. The third-order valence-electron chi connectivity index (χ3n) is 3.93. The minimum atomic E-state index is 0.605. The number of rotatable bonds is 3. The molecule has 1 aromatic carbocycles. The Bertz CT molecular complexity index is 968. The van der Waals surface area contributed by atoms with Gasteiger partial charge >= 0.3 is 0 Å². The molecule has 0 radical (unpaired) electrons. The molecule has 2 aromatic heterocycles. The number of hydrogen-bond donors (Lipinski definition) is 2. The SMILES string of the molecule is Cc1ccnc(Nc2ccc(NC3=NCc4cccnc43)cc2Cl)c1. The topological polar surface area (TPSA) is 62.2 Å². The lowest BCUT2D eigenvalue weighted by Gasteiger charge is -2.11. The van der Waals surface area contributed by atoms with E-state index >= 15 is 0 Å². The van der Waals surface area contributed by atoms with E-state index in [9.17, 15) is 0 Å². The number of hydrogen-bond acceptors (Lipinski definition) is 5. The van der Waals surface area contributed by atoms with Crippen LogP contribution >= 0.6 is 11.6 Å². The van der Waals surface area contributed by atoms with Crippen LogP contribution in [0.25, 0.3) is 0 Å². The highest BCUT2D eigenvalue weighted by molar-refractivity contribution is 6.33. The van der Waals surface area contributed by atoms with Crippen LogP contribution in [0.1, 0.15) is 16.8 Å². The summed E-state index contributed by atoms with van der Waals surface area (Å²) >= 11 is 6.42. The molecule has 1 aliphatic rings. The summed E-state index contributed by atoms with van der Waals surface area (Å²) in [5.41, 5.74) is 4.82. The van der Waals surface area contributed by atoms with Gasteiger partial charge in [0, 0.05) is 23.6 Å². The van der Waals surface area contributed by atoms with Gasteiger partial charge < -0.3 is 10.6 Å². The molecule has 0 saturated carbocycles. The van der Waals surface area contributed by atoms with Gasteiger partial charge in [-0.3, -0.25) is 9.98 Å². The summed E-state index contributed by atoms with van der Waals surface area (Å²) in [6, 6.07) is 13.6. The summed E-state index contributed by atoms with van der Waals surface area (Å²) in [7, 11) is 0. The van der Waals surface area contributed by atoms with Crippen molar-refractivity contribution in [2.45, 2.75) is 13.5 Å². The lowest BCUT2D eigenvalue weighted by atomic mass is 10.2. The molecular weight excluding hydrogens is 334 g/mol. The largest absolute Gasteiger partial charge is 0.339 e. The first kappa shape index (κ1) is 15.6. The Labute approximate surface area is 150 Å². The first-order valence-corrected chi connectivity index (χ1v) is 8.32. The van der Waals surface area contributed by atoms with Crippen LogP contribution in [0.5, 0.6) is 0 Å². The van der Waals surface area contributed by atoms with Crippen molar-refractivity contribution in [3.8, 4) is 0 Å². The predicted octanol–water partition coefficient (Wildman–Crippen LogP) is 4.55. The molecule has 124 valence electrons. The van der Waals surface area contributed by atoms with Gasteiger partial charge in [-0.15, -0.1) is 0 Å². The Morgan fingerprint density at radius 3 is 2.76 bits per heavy atom. The lowest BCUT2D eigenvalue weighted by Crippen LogP contribution is -2.13. The summed E-state index contributed by atoms with van der Waals surface area (Å²) < 4.78 is 0. The quantitative estimate of drug-likeness (QED) is 0.728. The molecule has 0 spiro atoms. The Balaban J connectivity index is 1.53. The maximum atomic E-state index is 6.42. The van der Waals surface area contributed by atoms with Gasteiger partial charge in [0.05, 0.1) is 17.3 Å². The van der Waals surface area contributed by atoms with E-state index in [1.54, 1.807) is 12.4 Å². The van der Waals surface area contributed by atoms with Crippen LogP contribution in [0, 0.1) is 6.92 Å². The van der Waals surface area contributed by atoms with Gasteiger partial charge in [-0.25, -0.2) is 4.98 Å². The van der Waals surface area contributed by atoms with E-state index in [1.807, 2.05) is 49.4 Å². The van der Waals surface area contributed by atoms with Crippen LogP contribution in [0.2, 0.25) is 5.02 Å². The van der Waals surface area contributed by atoms with Gasteiger partial charge in [0.25, 0.3) is 0 Å². The van der Waals surface area contributed by atoms with Gasteiger partial charge in [-0.05, 0) is 48.9 Å². The zero-order valence-electron chi connectivity index (χ0n) is 13.6. The monoisotopic (exact) mass is 349 g/mol. The summed E-state index contributed by atoms with van der Waals surface area (Å²) in [6.45, 7) is 2.67. The third-order valence-corrected chi connectivity index (χ3v) is 4.25. The van der Waals surface area contributed by atoms with Crippen LogP contribution in [0.3, 0.4) is 0 Å². The van der Waals surface area contributed by atoms with Crippen molar-refractivity contribution in [3.63, 3.8) is 0 Å². The number of aromatic nitrogens is 2. The van der Waals surface area contributed by atoms with Crippen molar-refractivity contribution >= 4 is 34.6 Å². The van der Waals surface area contributed by atoms with Crippen LogP contribution in [0.4, 0.5) is 17.2 Å². The number of aryl methyl sites for hydroxylation is 1. The number of pyridine rings is 2. The molecule has 0 saturated heterocycles. The first-order valence-electron chi connectivity index (χ1n) is 7.94. The van der Waals surface area contributed by atoms with Gasteiger partial charge in [0.1, 0.15) is 11.5 Å². The van der Waals surface area contributed by atoms with E-state index in [0.717, 1.165) is 39.8 Å². The Kier molecular flexibility index (Phi) is 4.07. The van der Waals surface area contributed by atoms with Crippen LogP contribution < -0.4 is 10.6 Å². The van der Waals surface area contributed by atoms with E-state index in [1.165, 1.54) is 0 Å². The molecular formula is C19H16ClN5. The van der Waals surface area contributed by atoms with E-state index in [-0.39, 0.29) is 0 Å². The average Bonchev–Trinajstić information content (AvgIpc) is 3.01. The molecule has 3 aromatic rings. The van der Waals surface area contributed by atoms with Crippen molar-refractivity contribution < 1.29 is 0 Å². The molecule has 4 rings (SSSR count). The average molecular weight is 350 g/mol. The van der Waals surface area contributed by atoms with E-state index in [2.05, 4.69) is 25.6 Å². The smallest absolute Gasteiger partial charge is 0.152 e. The number of fused-ring (bicyclic) bond motifs is 1. The highest BCUT2D eigenvalue weighted by Crippen LogP contribution is 2.29. The number of benzene rings is 1. The fraction of sp³-hybridized carbons (Fsp3) is 0.105. The van der Waals surface area contributed by atoms with E-state index in [4.69, 9.17) is 11.6 Å². The second-order valence-electron chi connectivity index (χ2n) is 5.84. The lowest BCUT2D eigenvalue weighted by molar-refractivity contribution is 1.09. The molecule has 6 heteroatoms. The highest BCUT2D eigenvalue weighted by atomic mass is 35.5. The van der Waals surface area contributed by atoms with Gasteiger partial charge in [-0.2, -0.15) is 0 Å². The molecule has 0 unspecified atom stereocenters. The number of halogens is 1. The zero-order chi connectivity index (χ0) is 17.2. The summed E-state index contributed by atoms with van der Waals surface area (Å²) in [6.07, 6.45) is 3.54. The number of nitrogens with one attached hydrogen (secondary N) is 2. The fourth-order valence-electron chi connectivity index (χ4n) is 2.69. The molecule has 25 heavy (non-hydrogen) atoms. The molecule has 1 aliphatic heterocycles. The van der Waals surface area contributed by atoms with Gasteiger partial charge in [0.15, 0.2) is 5.84 Å².